The molecule has 0 aliphatic carbocycles. The lowest BCUT2D eigenvalue weighted by molar-refractivity contribution is -0.138. The molecule has 1 aliphatic rings. The van der Waals surface area contributed by atoms with Gasteiger partial charge in [0.1, 0.15) is 5.60 Å². The lowest BCUT2D eigenvalue weighted by atomic mass is 10.0. The molecule has 1 fully saturated rings. The van der Waals surface area contributed by atoms with E-state index in [1.165, 1.54) is 18.2 Å². The summed E-state index contributed by atoms with van der Waals surface area (Å²) in [5.74, 6) is 0.373. The van der Waals surface area contributed by atoms with Crippen molar-refractivity contribution >= 4 is 12.2 Å². The Hall–Kier alpha value is -1.82. The van der Waals surface area contributed by atoms with Crippen molar-refractivity contribution in [3.63, 3.8) is 0 Å². The maximum absolute atomic E-state index is 13.3. The quantitative estimate of drug-likeness (QED) is 0.657. The molecule has 1 saturated heterocycles. The van der Waals surface area contributed by atoms with E-state index >= 15 is 0 Å². The van der Waals surface area contributed by atoms with Gasteiger partial charge in [-0.2, -0.15) is 0 Å². The summed E-state index contributed by atoms with van der Waals surface area (Å²) in [5, 5.41) is 3.30. The molecule has 0 amide bonds. The van der Waals surface area contributed by atoms with Crippen molar-refractivity contribution in [1.29, 1.82) is 0 Å². The number of carbonyl (C=O) groups excluding carboxylic acids is 1. The van der Waals surface area contributed by atoms with Crippen molar-refractivity contribution in [2.24, 2.45) is 5.92 Å². The summed E-state index contributed by atoms with van der Waals surface area (Å²) in [6.45, 7) is 8.49. The number of ether oxygens (including phenoxy) is 2. The lowest BCUT2D eigenvalue weighted by Crippen LogP contribution is -2.33. The highest BCUT2D eigenvalue weighted by atomic mass is 19.1. The van der Waals surface area contributed by atoms with Gasteiger partial charge < -0.3 is 20.5 Å². The fraction of sp³-hybridized carbons (Fsp3) is 0.588. The molecular formula is C17H27FN2O3. The fourth-order valence-electron chi connectivity index (χ4n) is 2.05. The average molecular weight is 326 g/mol. The largest absolute Gasteiger partial charge is 0.490 e. The summed E-state index contributed by atoms with van der Waals surface area (Å²) in [6.07, 6.45) is 2.30. The number of carbonyl (C=O) groups is 1. The van der Waals surface area contributed by atoms with Crippen LogP contribution in [0.25, 0.3) is 0 Å². The summed E-state index contributed by atoms with van der Waals surface area (Å²) in [4.78, 5) is 9.60. The van der Waals surface area contributed by atoms with E-state index < -0.39 is 0 Å². The van der Waals surface area contributed by atoms with E-state index in [1.807, 2.05) is 20.8 Å². The minimum atomic E-state index is -0.349. The zero-order valence-corrected chi connectivity index (χ0v) is 14.1. The summed E-state index contributed by atoms with van der Waals surface area (Å²) < 4.78 is 23.3. The van der Waals surface area contributed by atoms with Crippen LogP contribution in [-0.4, -0.2) is 31.8 Å². The van der Waals surface area contributed by atoms with E-state index in [0.717, 1.165) is 25.9 Å². The smallest absolute Gasteiger partial charge is 0.293 e. The van der Waals surface area contributed by atoms with Crippen LogP contribution in [0.4, 0.5) is 10.1 Å². The van der Waals surface area contributed by atoms with Crippen molar-refractivity contribution in [1.82, 2.24) is 5.32 Å². The van der Waals surface area contributed by atoms with E-state index in [0.29, 0.717) is 24.7 Å². The molecule has 1 aliphatic heterocycles. The number of nitrogens with one attached hydrogen (secondary N) is 1. The molecule has 0 spiro atoms. The molecule has 1 atom stereocenters. The number of nitrogen functional groups attached to an aromatic ring is 1. The topological polar surface area (TPSA) is 73.6 Å². The predicted molar refractivity (Wildman–Crippen MR) is 88.8 cm³/mol. The molecule has 0 radical (unpaired) electrons. The molecule has 1 heterocycles. The molecule has 6 heteroatoms. The van der Waals surface area contributed by atoms with E-state index in [2.05, 4.69) is 10.1 Å². The first-order valence-electron chi connectivity index (χ1n) is 7.82. The van der Waals surface area contributed by atoms with Gasteiger partial charge in [-0.1, -0.05) is 0 Å². The normalized spacial score (nSPS) is 17.7. The molecule has 1 aromatic carbocycles. The molecule has 3 N–H and O–H groups in total. The first-order chi connectivity index (χ1) is 10.8. The van der Waals surface area contributed by atoms with Gasteiger partial charge in [-0.3, -0.25) is 4.79 Å². The highest BCUT2D eigenvalue weighted by Gasteiger charge is 2.14. The van der Waals surface area contributed by atoms with Crippen LogP contribution in [0, 0.1) is 11.7 Å². The van der Waals surface area contributed by atoms with E-state index in [4.69, 9.17) is 10.5 Å². The summed E-state index contributed by atoms with van der Waals surface area (Å²) >= 11 is 0. The third-order valence-corrected chi connectivity index (χ3v) is 3.23. The van der Waals surface area contributed by atoms with Crippen LogP contribution < -0.4 is 15.8 Å². The summed E-state index contributed by atoms with van der Waals surface area (Å²) in [5.41, 5.74) is 5.79. The van der Waals surface area contributed by atoms with Gasteiger partial charge in [-0.05, 0) is 52.3 Å². The number of hydrogen-bond donors (Lipinski definition) is 2. The third-order valence-electron chi connectivity index (χ3n) is 3.23. The maximum atomic E-state index is 13.3. The molecule has 2 rings (SSSR count). The van der Waals surface area contributed by atoms with E-state index in [1.54, 1.807) is 0 Å². The average Bonchev–Trinajstić information content (AvgIpc) is 2.49. The Balaban J connectivity index is 0.000000322. The van der Waals surface area contributed by atoms with Crippen molar-refractivity contribution in [3.8, 4) is 5.75 Å². The predicted octanol–water partition coefficient (Wildman–Crippen LogP) is 2.74. The standard InChI is InChI=1S/C12H17FN2O.C5H10O2/c13-11-4-3-10(14)6-12(11)16-8-9-2-1-5-15-7-9;1-5(2,3)7-4-6/h3-4,6,9,15H,1-2,5,7-8,14H2;4H,1-3H3/t9-;/m0./s1. The van der Waals surface area contributed by atoms with Crippen LogP contribution in [0.1, 0.15) is 33.6 Å². The second-order valence-corrected chi connectivity index (χ2v) is 6.54. The Morgan fingerprint density at radius 1 is 1.43 bits per heavy atom. The Bertz CT molecular complexity index is 483. The lowest BCUT2D eigenvalue weighted by Gasteiger charge is -2.22. The SMILES string of the molecule is CC(C)(C)OC=O.Nc1ccc(F)c(OC[C@H]2CCCNC2)c1. The van der Waals surface area contributed by atoms with Gasteiger partial charge in [0.15, 0.2) is 11.6 Å². The Morgan fingerprint density at radius 2 is 2.17 bits per heavy atom. The number of benzene rings is 1. The van der Waals surface area contributed by atoms with Crippen molar-refractivity contribution in [2.75, 3.05) is 25.4 Å². The number of rotatable bonds is 4. The van der Waals surface area contributed by atoms with Crippen molar-refractivity contribution in [2.45, 2.75) is 39.2 Å². The molecule has 23 heavy (non-hydrogen) atoms. The van der Waals surface area contributed by atoms with Crippen LogP contribution in [-0.2, 0) is 9.53 Å². The summed E-state index contributed by atoms with van der Waals surface area (Å²) in [7, 11) is 0. The first-order valence-corrected chi connectivity index (χ1v) is 7.82. The highest BCUT2D eigenvalue weighted by Crippen LogP contribution is 2.21. The zero-order chi connectivity index (χ0) is 17.3. The van der Waals surface area contributed by atoms with Gasteiger partial charge in [0.05, 0.1) is 6.61 Å². The molecule has 1 aromatic rings. The number of anilines is 1. The molecule has 0 bridgehead atoms. The maximum Gasteiger partial charge on any atom is 0.293 e. The van der Waals surface area contributed by atoms with Gasteiger partial charge in [0.25, 0.3) is 6.47 Å². The van der Waals surface area contributed by atoms with Crippen LogP contribution in [0.3, 0.4) is 0 Å². The van der Waals surface area contributed by atoms with Gasteiger partial charge in [0.2, 0.25) is 0 Å². The highest BCUT2D eigenvalue weighted by molar-refractivity contribution is 5.44. The van der Waals surface area contributed by atoms with Gasteiger partial charge in [0, 0.05) is 24.2 Å². The van der Waals surface area contributed by atoms with E-state index in [9.17, 15) is 9.18 Å². The third kappa shape index (κ3) is 8.40. The Labute approximate surface area is 137 Å². The molecule has 0 aromatic heterocycles. The van der Waals surface area contributed by atoms with Crippen LogP contribution in [0.2, 0.25) is 0 Å². The van der Waals surface area contributed by atoms with Gasteiger partial charge in [-0.15, -0.1) is 0 Å². The minimum Gasteiger partial charge on any atom is -0.490 e. The number of nitrogens with two attached hydrogens (primary N) is 1. The monoisotopic (exact) mass is 326 g/mol. The number of halogens is 1. The van der Waals surface area contributed by atoms with Crippen LogP contribution in [0.15, 0.2) is 18.2 Å². The Morgan fingerprint density at radius 3 is 2.70 bits per heavy atom. The molecule has 0 unspecified atom stereocenters. The number of piperidine rings is 1. The van der Waals surface area contributed by atoms with E-state index in [-0.39, 0.29) is 17.2 Å². The van der Waals surface area contributed by atoms with Crippen molar-refractivity contribution in [3.05, 3.63) is 24.0 Å². The Kier molecular flexibility index (Phi) is 7.81. The first kappa shape index (κ1) is 19.2. The van der Waals surface area contributed by atoms with Gasteiger partial charge >= 0.3 is 0 Å². The van der Waals surface area contributed by atoms with Crippen LogP contribution in [0.5, 0.6) is 5.75 Å². The second-order valence-electron chi connectivity index (χ2n) is 6.54. The van der Waals surface area contributed by atoms with Gasteiger partial charge in [-0.25, -0.2) is 4.39 Å². The van der Waals surface area contributed by atoms with Crippen molar-refractivity contribution < 1.29 is 18.7 Å². The molecule has 130 valence electrons. The zero-order valence-electron chi connectivity index (χ0n) is 14.1. The molecule has 0 saturated carbocycles. The molecule has 5 nitrogen and oxygen atoms in total. The second kappa shape index (κ2) is 9.35. The summed E-state index contributed by atoms with van der Waals surface area (Å²) in [6, 6.07) is 4.40. The molecular weight excluding hydrogens is 299 g/mol. The van der Waals surface area contributed by atoms with Crippen LogP contribution >= 0.6 is 0 Å². The fourth-order valence-corrected chi connectivity index (χ4v) is 2.05. The number of hydrogen-bond acceptors (Lipinski definition) is 5. The minimum absolute atomic E-state index is 0.255.